The minimum Gasteiger partial charge on any atom is -0.376 e. The van der Waals surface area contributed by atoms with Crippen molar-refractivity contribution in [3.63, 3.8) is 0 Å². The highest BCUT2D eigenvalue weighted by Crippen LogP contribution is 2.15. The average molecular weight is 266 g/mol. The maximum absolute atomic E-state index is 12.0. The lowest BCUT2D eigenvalue weighted by atomic mass is 10.1. The first-order chi connectivity index (χ1) is 9.24. The second-order valence-corrected chi connectivity index (χ2v) is 4.95. The summed E-state index contributed by atoms with van der Waals surface area (Å²) in [5.74, 6) is 1.81. The minimum absolute atomic E-state index is 0.0844. The molecule has 0 radical (unpaired) electrons. The van der Waals surface area contributed by atoms with Gasteiger partial charge in [-0.15, -0.1) is 10.2 Å². The van der Waals surface area contributed by atoms with E-state index < -0.39 is 6.10 Å². The number of hydrogen-bond acceptors (Lipinski definition) is 5. The first-order valence-electron chi connectivity index (χ1n) is 6.62. The lowest BCUT2D eigenvalue weighted by Crippen LogP contribution is -2.49. The number of nitrogens with zero attached hydrogens (tertiary/aromatic N) is 3. The Morgan fingerprint density at radius 1 is 1.42 bits per heavy atom. The Hall–Kier alpha value is -1.47. The molecule has 1 aromatic heterocycles. The van der Waals surface area contributed by atoms with Crippen LogP contribution in [0.15, 0.2) is 0 Å². The quantitative estimate of drug-likeness (QED) is 0.776. The summed E-state index contributed by atoms with van der Waals surface area (Å²) in [6.45, 7) is 4.05. The van der Waals surface area contributed by atoms with E-state index in [1.807, 2.05) is 6.92 Å². The summed E-state index contributed by atoms with van der Waals surface area (Å²) < 4.78 is 12.7. The number of nitrogens with one attached hydrogen (secondary N) is 1. The van der Waals surface area contributed by atoms with Gasteiger partial charge in [0.2, 0.25) is 0 Å². The lowest BCUT2D eigenvalue weighted by Gasteiger charge is -2.28. The predicted octanol–water partition coefficient (Wildman–Crippen LogP) is -0.567. The van der Waals surface area contributed by atoms with Gasteiger partial charge in [-0.25, -0.2) is 0 Å². The molecule has 104 valence electrons. The van der Waals surface area contributed by atoms with Gasteiger partial charge in [-0.1, -0.05) is 0 Å². The van der Waals surface area contributed by atoms with E-state index >= 15 is 0 Å². The maximum Gasteiger partial charge on any atom is 0.251 e. The van der Waals surface area contributed by atoms with Crippen molar-refractivity contribution in [1.82, 2.24) is 20.1 Å². The van der Waals surface area contributed by atoms with E-state index in [-0.39, 0.29) is 11.9 Å². The fourth-order valence-electron chi connectivity index (χ4n) is 2.51. The summed E-state index contributed by atoms with van der Waals surface area (Å²) in [5, 5.41) is 11.2. The number of rotatable bonds is 2. The normalized spacial score (nSPS) is 26.8. The van der Waals surface area contributed by atoms with Crippen molar-refractivity contribution < 1.29 is 14.3 Å². The van der Waals surface area contributed by atoms with Gasteiger partial charge in [0.1, 0.15) is 11.6 Å². The molecule has 0 saturated carbocycles. The highest BCUT2D eigenvalue weighted by Gasteiger charge is 2.27. The van der Waals surface area contributed by atoms with Gasteiger partial charge in [0, 0.05) is 19.0 Å². The SMILES string of the molecule is Cc1nnc2n1C[C@H](NC(=O)[C@H]1COCCO1)CC2. The van der Waals surface area contributed by atoms with Crippen molar-refractivity contribution in [3.8, 4) is 0 Å². The Kier molecular flexibility index (Phi) is 3.48. The third-order valence-corrected chi connectivity index (χ3v) is 3.59. The van der Waals surface area contributed by atoms with Gasteiger partial charge < -0.3 is 19.4 Å². The predicted molar refractivity (Wildman–Crippen MR) is 65.6 cm³/mol. The summed E-state index contributed by atoms with van der Waals surface area (Å²) in [5.41, 5.74) is 0. The molecule has 7 nitrogen and oxygen atoms in total. The van der Waals surface area contributed by atoms with Crippen LogP contribution in [0.2, 0.25) is 0 Å². The Morgan fingerprint density at radius 2 is 2.32 bits per heavy atom. The zero-order valence-corrected chi connectivity index (χ0v) is 11.0. The molecular formula is C12H18N4O3. The van der Waals surface area contributed by atoms with Crippen LogP contribution in [0.1, 0.15) is 18.1 Å². The first-order valence-corrected chi connectivity index (χ1v) is 6.62. The molecule has 1 aromatic rings. The average Bonchev–Trinajstić information content (AvgIpc) is 2.81. The fourth-order valence-corrected chi connectivity index (χ4v) is 2.51. The summed E-state index contributed by atoms with van der Waals surface area (Å²) in [4.78, 5) is 12.0. The number of amides is 1. The Morgan fingerprint density at radius 3 is 3.11 bits per heavy atom. The van der Waals surface area contributed by atoms with Gasteiger partial charge in [0.05, 0.1) is 19.8 Å². The van der Waals surface area contributed by atoms with Crippen LogP contribution < -0.4 is 5.32 Å². The van der Waals surface area contributed by atoms with Crippen LogP contribution in [0, 0.1) is 6.92 Å². The summed E-state index contributed by atoms with van der Waals surface area (Å²) >= 11 is 0. The molecule has 0 bridgehead atoms. The van der Waals surface area contributed by atoms with Gasteiger partial charge in [-0.05, 0) is 13.3 Å². The van der Waals surface area contributed by atoms with E-state index in [0.717, 1.165) is 31.0 Å². The van der Waals surface area contributed by atoms with Gasteiger partial charge >= 0.3 is 0 Å². The largest absolute Gasteiger partial charge is 0.376 e. The Labute approximate surface area is 111 Å². The van der Waals surface area contributed by atoms with E-state index in [0.29, 0.717) is 19.8 Å². The fraction of sp³-hybridized carbons (Fsp3) is 0.750. The molecule has 0 aliphatic carbocycles. The molecule has 1 N–H and O–H groups in total. The van der Waals surface area contributed by atoms with Crippen LogP contribution in [-0.2, 0) is 27.2 Å². The molecule has 19 heavy (non-hydrogen) atoms. The number of fused-ring (bicyclic) bond motifs is 1. The van der Waals surface area contributed by atoms with E-state index in [2.05, 4.69) is 20.1 Å². The molecule has 7 heteroatoms. The third-order valence-electron chi connectivity index (χ3n) is 3.59. The molecule has 2 aliphatic heterocycles. The maximum atomic E-state index is 12.0. The van der Waals surface area contributed by atoms with E-state index in [1.54, 1.807) is 0 Å². The Bertz CT molecular complexity index is 468. The number of carbonyl (C=O) groups excluding carboxylic acids is 1. The molecule has 1 amide bonds. The summed E-state index contributed by atoms with van der Waals surface area (Å²) in [7, 11) is 0. The third kappa shape index (κ3) is 2.62. The second kappa shape index (κ2) is 5.26. The van der Waals surface area contributed by atoms with Crippen LogP contribution >= 0.6 is 0 Å². The van der Waals surface area contributed by atoms with Crippen molar-refractivity contribution in [2.24, 2.45) is 0 Å². The van der Waals surface area contributed by atoms with E-state index in [9.17, 15) is 4.79 Å². The molecular weight excluding hydrogens is 248 g/mol. The van der Waals surface area contributed by atoms with Gasteiger partial charge in [-0.2, -0.15) is 0 Å². The number of aromatic nitrogens is 3. The second-order valence-electron chi connectivity index (χ2n) is 4.95. The van der Waals surface area contributed by atoms with Crippen molar-refractivity contribution in [2.45, 2.75) is 38.5 Å². The molecule has 3 rings (SSSR count). The van der Waals surface area contributed by atoms with Crippen LogP contribution in [-0.4, -0.2) is 52.6 Å². The Balaban J connectivity index is 1.59. The number of hydrogen-bond donors (Lipinski definition) is 1. The van der Waals surface area contributed by atoms with Crippen LogP contribution in [0.5, 0.6) is 0 Å². The summed E-state index contributed by atoms with van der Waals surface area (Å²) in [6.07, 6.45) is 1.25. The van der Waals surface area contributed by atoms with Crippen molar-refractivity contribution in [3.05, 3.63) is 11.6 Å². The van der Waals surface area contributed by atoms with Crippen molar-refractivity contribution in [1.29, 1.82) is 0 Å². The smallest absolute Gasteiger partial charge is 0.251 e. The topological polar surface area (TPSA) is 78.3 Å². The molecule has 0 spiro atoms. The lowest BCUT2D eigenvalue weighted by molar-refractivity contribution is -0.148. The standard InChI is InChI=1S/C12H18N4O3/c1-8-14-15-11-3-2-9(6-16(8)11)13-12(17)10-7-18-4-5-19-10/h9-10H,2-7H2,1H3,(H,13,17)/t9-,10-/m1/s1. The van der Waals surface area contributed by atoms with Crippen LogP contribution in [0.25, 0.3) is 0 Å². The van der Waals surface area contributed by atoms with Crippen LogP contribution in [0.4, 0.5) is 0 Å². The number of aryl methyl sites for hydroxylation is 2. The minimum atomic E-state index is -0.475. The monoisotopic (exact) mass is 266 g/mol. The molecule has 2 aliphatic rings. The van der Waals surface area contributed by atoms with Crippen molar-refractivity contribution >= 4 is 5.91 Å². The zero-order chi connectivity index (χ0) is 13.2. The van der Waals surface area contributed by atoms with Gasteiger partial charge in [0.25, 0.3) is 5.91 Å². The molecule has 1 fully saturated rings. The van der Waals surface area contributed by atoms with Gasteiger partial charge in [0.15, 0.2) is 6.10 Å². The highest BCUT2D eigenvalue weighted by atomic mass is 16.6. The van der Waals surface area contributed by atoms with Crippen molar-refractivity contribution in [2.75, 3.05) is 19.8 Å². The van der Waals surface area contributed by atoms with E-state index in [4.69, 9.17) is 9.47 Å². The first kappa shape index (κ1) is 12.6. The van der Waals surface area contributed by atoms with E-state index in [1.165, 1.54) is 0 Å². The number of ether oxygens (including phenoxy) is 2. The molecule has 0 unspecified atom stereocenters. The van der Waals surface area contributed by atoms with Gasteiger partial charge in [-0.3, -0.25) is 4.79 Å². The molecule has 3 heterocycles. The highest BCUT2D eigenvalue weighted by molar-refractivity contribution is 5.81. The molecule has 1 saturated heterocycles. The van der Waals surface area contributed by atoms with Crippen LogP contribution in [0.3, 0.4) is 0 Å². The summed E-state index contributed by atoms with van der Waals surface area (Å²) in [6, 6.07) is 0.111. The molecule has 0 aromatic carbocycles. The molecule has 2 atom stereocenters. The zero-order valence-electron chi connectivity index (χ0n) is 11.0. The number of carbonyl (C=O) groups is 1.